The number of carbonyl (C=O) groups excluding carboxylic acids is 1. The number of fused-ring (bicyclic) bond motifs is 1. The minimum absolute atomic E-state index is 0.0320. The van der Waals surface area contributed by atoms with E-state index in [1.54, 1.807) is 25.4 Å². The molecular formula is C29H33FN6O. The van der Waals surface area contributed by atoms with Crippen molar-refractivity contribution in [2.45, 2.75) is 33.1 Å². The molecular weight excluding hydrogens is 467 g/mol. The van der Waals surface area contributed by atoms with E-state index in [0.29, 0.717) is 22.6 Å². The summed E-state index contributed by atoms with van der Waals surface area (Å²) in [7, 11) is 1.87. The number of benzene rings is 2. The van der Waals surface area contributed by atoms with Crippen molar-refractivity contribution in [2.24, 2.45) is 0 Å². The number of carbonyl (C=O) groups is 1. The molecule has 2 aromatic carbocycles. The Hall–Kier alpha value is -3.78. The summed E-state index contributed by atoms with van der Waals surface area (Å²) in [5.74, 6) is 0.366. The number of likely N-dealkylation sites (N-methyl/N-ethyl adjacent to an activating group) is 1. The quantitative estimate of drug-likeness (QED) is 0.365. The van der Waals surface area contributed by atoms with Crippen molar-refractivity contribution in [1.82, 2.24) is 24.2 Å². The summed E-state index contributed by atoms with van der Waals surface area (Å²) in [6.07, 6.45) is 9.03. The highest BCUT2D eigenvalue weighted by Gasteiger charge is 2.17. The number of rotatable bonds is 7. The van der Waals surface area contributed by atoms with Crippen LogP contribution in [-0.2, 0) is 0 Å². The lowest BCUT2D eigenvalue weighted by Crippen LogP contribution is -2.38. The lowest BCUT2D eigenvalue weighted by Gasteiger charge is -2.28. The molecule has 37 heavy (non-hydrogen) atoms. The van der Waals surface area contributed by atoms with Gasteiger partial charge < -0.3 is 15.1 Å². The predicted octanol–water partition coefficient (Wildman–Crippen LogP) is 5.45. The van der Waals surface area contributed by atoms with E-state index in [4.69, 9.17) is 0 Å². The number of likely N-dealkylation sites (tertiary alicyclic amines) is 1. The summed E-state index contributed by atoms with van der Waals surface area (Å²) in [5, 5.41) is 3.34. The highest BCUT2D eigenvalue weighted by molar-refractivity contribution is 5.96. The first kappa shape index (κ1) is 24.9. The SMILES string of the molecule is Cc1ccc(-c2cnc3c(Nc4ccc(C(=O)N(C)CCN5CCCCC5)c(C)c4)nccn23)cc1F. The van der Waals surface area contributed by atoms with Crippen molar-refractivity contribution >= 4 is 23.1 Å². The van der Waals surface area contributed by atoms with Gasteiger partial charge >= 0.3 is 0 Å². The van der Waals surface area contributed by atoms with Crippen LogP contribution < -0.4 is 5.32 Å². The number of piperidine rings is 1. The molecule has 5 rings (SSSR count). The number of halogens is 1. The Labute approximate surface area is 217 Å². The van der Waals surface area contributed by atoms with Crippen LogP contribution in [0.1, 0.15) is 40.7 Å². The highest BCUT2D eigenvalue weighted by Crippen LogP contribution is 2.27. The van der Waals surface area contributed by atoms with Gasteiger partial charge in [-0.3, -0.25) is 9.20 Å². The third kappa shape index (κ3) is 5.34. The first-order chi connectivity index (χ1) is 17.9. The van der Waals surface area contributed by atoms with E-state index in [0.717, 1.165) is 48.7 Å². The number of aryl methyl sites for hydroxylation is 2. The summed E-state index contributed by atoms with van der Waals surface area (Å²) in [5.41, 5.74) is 5.17. The van der Waals surface area contributed by atoms with Gasteiger partial charge in [-0.05, 0) is 75.2 Å². The monoisotopic (exact) mass is 500 g/mol. The van der Waals surface area contributed by atoms with Crippen LogP contribution in [0.4, 0.5) is 15.9 Å². The maximum absolute atomic E-state index is 14.2. The fourth-order valence-corrected chi connectivity index (χ4v) is 4.87. The van der Waals surface area contributed by atoms with E-state index in [-0.39, 0.29) is 11.7 Å². The molecule has 0 saturated carbocycles. The summed E-state index contributed by atoms with van der Waals surface area (Å²) in [6.45, 7) is 7.58. The third-order valence-corrected chi connectivity index (χ3v) is 7.16. The zero-order chi connectivity index (χ0) is 25.9. The van der Waals surface area contributed by atoms with Crippen LogP contribution in [0.25, 0.3) is 16.9 Å². The molecule has 8 heteroatoms. The van der Waals surface area contributed by atoms with Gasteiger partial charge in [-0.25, -0.2) is 14.4 Å². The van der Waals surface area contributed by atoms with Gasteiger partial charge in [0.25, 0.3) is 5.91 Å². The number of imidazole rings is 1. The first-order valence-corrected chi connectivity index (χ1v) is 12.8. The van der Waals surface area contributed by atoms with Gasteiger partial charge in [0.2, 0.25) is 0 Å². The van der Waals surface area contributed by atoms with Gasteiger partial charge in [0.1, 0.15) is 5.82 Å². The van der Waals surface area contributed by atoms with Crippen molar-refractivity contribution in [3.05, 3.63) is 77.5 Å². The molecule has 0 atom stereocenters. The van der Waals surface area contributed by atoms with Gasteiger partial charge in [-0.1, -0.05) is 18.6 Å². The summed E-state index contributed by atoms with van der Waals surface area (Å²) < 4.78 is 16.1. The maximum Gasteiger partial charge on any atom is 0.253 e. The van der Waals surface area contributed by atoms with Gasteiger partial charge in [0.15, 0.2) is 11.5 Å². The van der Waals surface area contributed by atoms with Gasteiger partial charge in [0.05, 0.1) is 11.9 Å². The van der Waals surface area contributed by atoms with Gasteiger partial charge in [0, 0.05) is 49.3 Å². The number of amides is 1. The van der Waals surface area contributed by atoms with Crippen LogP contribution in [0.3, 0.4) is 0 Å². The van der Waals surface area contributed by atoms with Gasteiger partial charge in [-0.2, -0.15) is 0 Å². The number of nitrogens with zero attached hydrogens (tertiary/aromatic N) is 5. The Kier molecular flexibility index (Phi) is 7.19. The number of nitrogens with one attached hydrogen (secondary N) is 1. The number of hydrogen-bond acceptors (Lipinski definition) is 5. The fraction of sp³-hybridized carbons (Fsp3) is 0.345. The molecule has 2 aromatic heterocycles. The van der Waals surface area contributed by atoms with Crippen LogP contribution in [-0.4, -0.2) is 63.3 Å². The zero-order valence-electron chi connectivity index (χ0n) is 21.7. The topological polar surface area (TPSA) is 65.8 Å². The number of hydrogen-bond donors (Lipinski definition) is 1. The molecule has 1 aliphatic rings. The molecule has 1 aliphatic heterocycles. The second kappa shape index (κ2) is 10.7. The molecule has 0 unspecified atom stereocenters. The normalized spacial score (nSPS) is 14.2. The Morgan fingerprint density at radius 1 is 1.05 bits per heavy atom. The summed E-state index contributed by atoms with van der Waals surface area (Å²) in [6, 6.07) is 10.9. The van der Waals surface area contributed by atoms with Crippen molar-refractivity contribution in [3.63, 3.8) is 0 Å². The second-order valence-electron chi connectivity index (χ2n) is 9.86. The van der Waals surface area contributed by atoms with E-state index >= 15 is 0 Å². The molecule has 4 aromatic rings. The van der Waals surface area contributed by atoms with Crippen LogP contribution >= 0.6 is 0 Å². The number of anilines is 2. The molecule has 0 aliphatic carbocycles. The first-order valence-electron chi connectivity index (χ1n) is 12.8. The Morgan fingerprint density at radius 3 is 2.62 bits per heavy atom. The Balaban J connectivity index is 1.31. The van der Waals surface area contributed by atoms with E-state index in [1.807, 2.05) is 53.7 Å². The van der Waals surface area contributed by atoms with Crippen molar-refractivity contribution < 1.29 is 9.18 Å². The molecule has 1 saturated heterocycles. The number of aromatic nitrogens is 3. The van der Waals surface area contributed by atoms with Crippen molar-refractivity contribution in [3.8, 4) is 11.3 Å². The van der Waals surface area contributed by atoms with Crippen LogP contribution in [0.15, 0.2) is 55.0 Å². The van der Waals surface area contributed by atoms with E-state index in [1.165, 1.54) is 25.3 Å². The van der Waals surface area contributed by atoms with E-state index in [9.17, 15) is 9.18 Å². The standard InChI is InChI=1S/C29H33FN6O/c1-20-7-8-22(18-25(20)30)26-19-32-28-27(31-11-14-36(26)28)33-23-9-10-24(21(2)17-23)29(37)34(3)15-16-35-12-5-4-6-13-35/h7-11,14,17-19H,4-6,12-13,15-16H2,1-3H3,(H,31,33). The molecule has 1 N–H and O–H groups in total. The lowest BCUT2D eigenvalue weighted by atomic mass is 10.1. The zero-order valence-corrected chi connectivity index (χ0v) is 21.7. The molecule has 1 amide bonds. The van der Waals surface area contributed by atoms with E-state index < -0.39 is 0 Å². The molecule has 3 heterocycles. The minimum Gasteiger partial charge on any atom is -0.340 e. The van der Waals surface area contributed by atoms with Crippen LogP contribution in [0.5, 0.6) is 0 Å². The second-order valence-corrected chi connectivity index (χ2v) is 9.86. The maximum atomic E-state index is 14.2. The van der Waals surface area contributed by atoms with Crippen LogP contribution in [0, 0.1) is 19.7 Å². The molecule has 0 spiro atoms. The summed E-state index contributed by atoms with van der Waals surface area (Å²) >= 11 is 0. The fourth-order valence-electron chi connectivity index (χ4n) is 4.87. The average molecular weight is 501 g/mol. The van der Waals surface area contributed by atoms with E-state index in [2.05, 4.69) is 20.2 Å². The molecule has 7 nitrogen and oxygen atoms in total. The largest absolute Gasteiger partial charge is 0.340 e. The Bertz CT molecular complexity index is 1430. The lowest BCUT2D eigenvalue weighted by molar-refractivity contribution is 0.0772. The predicted molar refractivity (Wildman–Crippen MR) is 145 cm³/mol. The van der Waals surface area contributed by atoms with Crippen molar-refractivity contribution in [1.29, 1.82) is 0 Å². The van der Waals surface area contributed by atoms with Crippen molar-refractivity contribution in [2.75, 3.05) is 38.5 Å². The van der Waals surface area contributed by atoms with Gasteiger partial charge in [-0.15, -0.1) is 0 Å². The average Bonchev–Trinajstić information content (AvgIpc) is 3.34. The third-order valence-electron chi connectivity index (χ3n) is 7.16. The molecule has 0 radical (unpaired) electrons. The Morgan fingerprint density at radius 2 is 1.86 bits per heavy atom. The molecule has 1 fully saturated rings. The molecule has 0 bridgehead atoms. The smallest absolute Gasteiger partial charge is 0.253 e. The molecule has 192 valence electrons. The van der Waals surface area contributed by atoms with Crippen LogP contribution in [0.2, 0.25) is 0 Å². The highest BCUT2D eigenvalue weighted by atomic mass is 19.1. The minimum atomic E-state index is -0.248. The summed E-state index contributed by atoms with van der Waals surface area (Å²) in [4.78, 5) is 26.4.